The number of carbonyl (C=O) groups excluding carboxylic acids is 2. The molecule has 0 unspecified atom stereocenters. The lowest BCUT2D eigenvalue weighted by atomic mass is 10.1. The number of anilines is 1. The standard InChI is InChI=1S/C25H25NO4/c1-3-29-24(27)21-14-10-20(11-15-21)17-30-25(28)22-12-8-19(9-13-22)16-26-23-7-5-4-6-18(23)2/h4-15,26H,3,16-17H2,1-2H3. The Kier molecular flexibility index (Phi) is 7.22. The van der Waals surface area contributed by atoms with Crippen molar-refractivity contribution < 1.29 is 19.1 Å². The second-order valence-corrected chi connectivity index (χ2v) is 6.86. The molecule has 3 aromatic rings. The molecule has 0 bridgehead atoms. The Labute approximate surface area is 176 Å². The average molecular weight is 403 g/mol. The van der Waals surface area contributed by atoms with Gasteiger partial charge in [0.1, 0.15) is 6.61 Å². The third-order valence-corrected chi connectivity index (χ3v) is 4.65. The third-order valence-electron chi connectivity index (χ3n) is 4.65. The maximum absolute atomic E-state index is 12.3. The summed E-state index contributed by atoms with van der Waals surface area (Å²) in [7, 11) is 0. The number of hydrogen-bond donors (Lipinski definition) is 1. The van der Waals surface area contributed by atoms with E-state index in [9.17, 15) is 9.59 Å². The van der Waals surface area contributed by atoms with Gasteiger partial charge in [-0.25, -0.2) is 9.59 Å². The van der Waals surface area contributed by atoms with Gasteiger partial charge in [0.25, 0.3) is 0 Å². The summed E-state index contributed by atoms with van der Waals surface area (Å²) in [6.07, 6.45) is 0. The van der Waals surface area contributed by atoms with E-state index in [1.165, 1.54) is 5.56 Å². The Morgan fingerprint density at radius 3 is 1.93 bits per heavy atom. The van der Waals surface area contributed by atoms with Crippen molar-refractivity contribution in [3.05, 3.63) is 101 Å². The normalized spacial score (nSPS) is 10.3. The van der Waals surface area contributed by atoms with Gasteiger partial charge < -0.3 is 14.8 Å². The zero-order valence-electron chi connectivity index (χ0n) is 17.2. The van der Waals surface area contributed by atoms with E-state index in [4.69, 9.17) is 9.47 Å². The van der Waals surface area contributed by atoms with Gasteiger partial charge in [-0.15, -0.1) is 0 Å². The van der Waals surface area contributed by atoms with Gasteiger partial charge in [-0.05, 0) is 60.9 Å². The Morgan fingerprint density at radius 2 is 1.33 bits per heavy atom. The Balaban J connectivity index is 1.51. The van der Waals surface area contributed by atoms with E-state index in [1.54, 1.807) is 43.3 Å². The lowest BCUT2D eigenvalue weighted by Crippen LogP contribution is -2.07. The van der Waals surface area contributed by atoms with Gasteiger partial charge in [-0.3, -0.25) is 0 Å². The van der Waals surface area contributed by atoms with Crippen molar-refractivity contribution >= 4 is 17.6 Å². The highest BCUT2D eigenvalue weighted by Gasteiger charge is 2.09. The Morgan fingerprint density at radius 1 is 0.767 bits per heavy atom. The summed E-state index contributed by atoms with van der Waals surface area (Å²) in [5.41, 5.74) is 5.13. The van der Waals surface area contributed by atoms with Crippen LogP contribution in [0.4, 0.5) is 5.69 Å². The van der Waals surface area contributed by atoms with E-state index >= 15 is 0 Å². The van der Waals surface area contributed by atoms with Gasteiger partial charge >= 0.3 is 11.9 Å². The topological polar surface area (TPSA) is 64.6 Å². The van der Waals surface area contributed by atoms with Crippen LogP contribution in [0.2, 0.25) is 0 Å². The average Bonchev–Trinajstić information content (AvgIpc) is 2.78. The summed E-state index contributed by atoms with van der Waals surface area (Å²) in [5, 5.41) is 3.40. The molecule has 0 aliphatic rings. The zero-order chi connectivity index (χ0) is 21.3. The van der Waals surface area contributed by atoms with E-state index < -0.39 is 0 Å². The lowest BCUT2D eigenvalue weighted by molar-refractivity contribution is 0.0469. The molecule has 0 aliphatic carbocycles. The summed E-state index contributed by atoms with van der Waals surface area (Å²) < 4.78 is 10.3. The molecular formula is C25H25NO4. The molecule has 3 rings (SSSR count). The Bertz CT molecular complexity index is 994. The smallest absolute Gasteiger partial charge is 0.338 e. The highest BCUT2D eigenvalue weighted by Crippen LogP contribution is 2.15. The minimum absolute atomic E-state index is 0.137. The SMILES string of the molecule is CCOC(=O)c1ccc(COC(=O)c2ccc(CNc3ccccc3C)cc2)cc1. The van der Waals surface area contributed by atoms with E-state index in [-0.39, 0.29) is 18.5 Å². The van der Waals surface area contributed by atoms with Gasteiger partial charge in [0.05, 0.1) is 17.7 Å². The van der Waals surface area contributed by atoms with Gasteiger partial charge in [-0.2, -0.15) is 0 Å². The van der Waals surface area contributed by atoms with Crippen LogP contribution in [-0.2, 0) is 22.6 Å². The molecule has 0 saturated carbocycles. The van der Waals surface area contributed by atoms with Crippen molar-refractivity contribution in [1.29, 1.82) is 0 Å². The van der Waals surface area contributed by atoms with Gasteiger partial charge in [0, 0.05) is 12.2 Å². The minimum Gasteiger partial charge on any atom is -0.462 e. The molecule has 3 aromatic carbocycles. The molecule has 0 aromatic heterocycles. The van der Waals surface area contributed by atoms with Crippen molar-refractivity contribution in [3.63, 3.8) is 0 Å². The molecule has 154 valence electrons. The number of rotatable bonds is 8. The summed E-state index contributed by atoms with van der Waals surface area (Å²) in [6.45, 7) is 4.97. The summed E-state index contributed by atoms with van der Waals surface area (Å²) in [5.74, 6) is -0.749. The minimum atomic E-state index is -0.386. The maximum Gasteiger partial charge on any atom is 0.338 e. The van der Waals surface area contributed by atoms with Crippen LogP contribution in [0.5, 0.6) is 0 Å². The third kappa shape index (κ3) is 5.70. The van der Waals surface area contributed by atoms with Crippen LogP contribution in [0.15, 0.2) is 72.8 Å². The fraction of sp³-hybridized carbons (Fsp3) is 0.200. The first kappa shape index (κ1) is 21.1. The molecule has 0 fully saturated rings. The van der Waals surface area contributed by atoms with Gasteiger partial charge in [0.2, 0.25) is 0 Å². The first-order valence-corrected chi connectivity index (χ1v) is 9.88. The molecule has 0 radical (unpaired) electrons. The highest BCUT2D eigenvalue weighted by molar-refractivity contribution is 5.90. The fourth-order valence-corrected chi connectivity index (χ4v) is 2.91. The number of aryl methyl sites for hydroxylation is 1. The van der Waals surface area contributed by atoms with Crippen molar-refractivity contribution in [2.24, 2.45) is 0 Å². The number of para-hydroxylation sites is 1. The van der Waals surface area contributed by atoms with Crippen LogP contribution in [0.1, 0.15) is 44.3 Å². The van der Waals surface area contributed by atoms with Crippen molar-refractivity contribution in [2.45, 2.75) is 27.0 Å². The maximum atomic E-state index is 12.3. The van der Waals surface area contributed by atoms with Crippen LogP contribution < -0.4 is 5.32 Å². The second kappa shape index (κ2) is 10.3. The number of esters is 2. The van der Waals surface area contributed by atoms with E-state index in [2.05, 4.69) is 18.3 Å². The molecule has 0 spiro atoms. The quantitative estimate of drug-likeness (QED) is 0.528. The first-order valence-electron chi connectivity index (χ1n) is 9.88. The molecule has 30 heavy (non-hydrogen) atoms. The second-order valence-electron chi connectivity index (χ2n) is 6.86. The fourth-order valence-electron chi connectivity index (χ4n) is 2.91. The van der Waals surface area contributed by atoms with Crippen molar-refractivity contribution in [2.75, 3.05) is 11.9 Å². The summed E-state index contributed by atoms with van der Waals surface area (Å²) in [4.78, 5) is 24.0. The number of benzene rings is 3. The molecular weight excluding hydrogens is 378 g/mol. The summed E-state index contributed by atoms with van der Waals surface area (Å²) >= 11 is 0. The molecule has 5 nitrogen and oxygen atoms in total. The monoisotopic (exact) mass is 403 g/mol. The van der Waals surface area contributed by atoms with E-state index in [0.29, 0.717) is 24.3 Å². The first-order chi connectivity index (χ1) is 14.6. The lowest BCUT2D eigenvalue weighted by Gasteiger charge is -2.10. The molecule has 5 heteroatoms. The molecule has 0 saturated heterocycles. The Hall–Kier alpha value is -3.60. The molecule has 0 aliphatic heterocycles. The van der Waals surface area contributed by atoms with Crippen LogP contribution in [0.25, 0.3) is 0 Å². The predicted octanol–water partition coefficient (Wildman–Crippen LogP) is 5.14. The van der Waals surface area contributed by atoms with Crippen molar-refractivity contribution in [3.8, 4) is 0 Å². The molecule has 0 atom stereocenters. The number of nitrogens with one attached hydrogen (secondary N) is 1. The van der Waals surface area contributed by atoms with E-state index in [0.717, 1.165) is 16.8 Å². The summed E-state index contributed by atoms with van der Waals surface area (Å²) in [6, 6.07) is 22.3. The van der Waals surface area contributed by atoms with Crippen LogP contribution >= 0.6 is 0 Å². The molecule has 0 amide bonds. The molecule has 1 N–H and O–H groups in total. The van der Waals surface area contributed by atoms with Gasteiger partial charge in [-0.1, -0.05) is 42.5 Å². The van der Waals surface area contributed by atoms with Crippen molar-refractivity contribution in [1.82, 2.24) is 0 Å². The number of ether oxygens (including phenoxy) is 2. The van der Waals surface area contributed by atoms with Crippen LogP contribution in [-0.4, -0.2) is 18.5 Å². The van der Waals surface area contributed by atoms with E-state index in [1.807, 2.05) is 30.3 Å². The highest BCUT2D eigenvalue weighted by atomic mass is 16.5. The predicted molar refractivity (Wildman–Crippen MR) is 116 cm³/mol. The van der Waals surface area contributed by atoms with Gasteiger partial charge in [0.15, 0.2) is 0 Å². The largest absolute Gasteiger partial charge is 0.462 e. The van der Waals surface area contributed by atoms with Crippen LogP contribution in [0.3, 0.4) is 0 Å². The zero-order valence-corrected chi connectivity index (χ0v) is 17.2. The van der Waals surface area contributed by atoms with Crippen LogP contribution in [0, 0.1) is 6.92 Å². The molecule has 0 heterocycles. The number of hydrogen-bond acceptors (Lipinski definition) is 5. The number of carbonyl (C=O) groups is 2.